The molecule has 2 heterocycles. The highest BCUT2D eigenvalue weighted by molar-refractivity contribution is 7.89. The largest absolute Gasteiger partial charge is 0.302 e. The summed E-state index contributed by atoms with van der Waals surface area (Å²) in [6.07, 6.45) is 3.58. The van der Waals surface area contributed by atoms with Gasteiger partial charge in [0.1, 0.15) is 0 Å². The molecule has 0 unspecified atom stereocenters. The number of aromatic nitrogens is 1. The first-order chi connectivity index (χ1) is 14.9. The van der Waals surface area contributed by atoms with Gasteiger partial charge in [0, 0.05) is 36.5 Å². The van der Waals surface area contributed by atoms with Crippen molar-refractivity contribution in [3.8, 4) is 0 Å². The molecule has 1 aliphatic heterocycles. The fourth-order valence-corrected chi connectivity index (χ4v) is 5.99. The van der Waals surface area contributed by atoms with Gasteiger partial charge in [-0.3, -0.25) is 4.79 Å². The maximum Gasteiger partial charge on any atom is 0.243 e. The Morgan fingerprint density at radius 1 is 1.10 bits per heavy atom. The molecule has 8 heteroatoms. The molecule has 1 aliphatic rings. The summed E-state index contributed by atoms with van der Waals surface area (Å²) < 4.78 is 27.1. The number of nitrogens with zero attached hydrogens (tertiary/aromatic N) is 2. The van der Waals surface area contributed by atoms with Crippen molar-refractivity contribution in [2.75, 3.05) is 18.4 Å². The molecule has 0 spiro atoms. The number of amides is 1. The number of aryl methyl sites for hydroxylation is 1. The monoisotopic (exact) mass is 455 g/mol. The second-order valence-corrected chi connectivity index (χ2v) is 10.8. The predicted octanol–water partition coefficient (Wildman–Crippen LogP) is 4.08. The van der Waals surface area contributed by atoms with Gasteiger partial charge in [-0.25, -0.2) is 13.4 Å². The van der Waals surface area contributed by atoms with E-state index in [1.807, 2.05) is 25.1 Å². The Kier molecular flexibility index (Phi) is 6.50. The van der Waals surface area contributed by atoms with Crippen LogP contribution in [-0.2, 0) is 21.2 Å². The molecule has 0 aliphatic carbocycles. The Hall–Kier alpha value is -2.55. The SMILES string of the molecule is Cc1ccc(S(=O)(=O)N2CCC(C(=O)Nc3ncc(Cc4ccccc4)s3)CC2)cc1. The normalized spacial score (nSPS) is 15.6. The number of hydrogen-bond donors (Lipinski definition) is 1. The highest BCUT2D eigenvalue weighted by Gasteiger charge is 2.32. The number of piperidine rings is 1. The molecule has 0 bridgehead atoms. The topological polar surface area (TPSA) is 79.4 Å². The molecular weight excluding hydrogens is 430 g/mol. The van der Waals surface area contributed by atoms with E-state index in [1.165, 1.54) is 21.2 Å². The molecule has 31 heavy (non-hydrogen) atoms. The number of benzene rings is 2. The van der Waals surface area contributed by atoms with E-state index in [2.05, 4.69) is 22.4 Å². The first-order valence-electron chi connectivity index (χ1n) is 10.3. The maximum atomic E-state index is 12.8. The zero-order valence-electron chi connectivity index (χ0n) is 17.3. The molecule has 2 aromatic carbocycles. The number of hydrogen-bond acceptors (Lipinski definition) is 5. The van der Waals surface area contributed by atoms with Crippen molar-refractivity contribution >= 4 is 32.4 Å². The summed E-state index contributed by atoms with van der Waals surface area (Å²) in [7, 11) is -3.52. The van der Waals surface area contributed by atoms with Crippen LogP contribution in [0.3, 0.4) is 0 Å². The van der Waals surface area contributed by atoms with E-state index in [-0.39, 0.29) is 11.8 Å². The third kappa shape index (κ3) is 5.20. The van der Waals surface area contributed by atoms with E-state index in [0.29, 0.717) is 36.0 Å². The van der Waals surface area contributed by atoms with E-state index in [9.17, 15) is 13.2 Å². The van der Waals surface area contributed by atoms with Crippen molar-refractivity contribution < 1.29 is 13.2 Å². The fraction of sp³-hybridized carbons (Fsp3) is 0.304. The van der Waals surface area contributed by atoms with Gasteiger partial charge in [-0.1, -0.05) is 48.0 Å². The van der Waals surface area contributed by atoms with Crippen LogP contribution in [0.25, 0.3) is 0 Å². The van der Waals surface area contributed by atoms with E-state index < -0.39 is 10.0 Å². The number of carbonyl (C=O) groups is 1. The Labute approximate surface area is 187 Å². The van der Waals surface area contributed by atoms with Gasteiger partial charge < -0.3 is 5.32 Å². The number of rotatable bonds is 6. The average Bonchev–Trinajstić information content (AvgIpc) is 3.21. The Morgan fingerprint density at radius 2 is 1.77 bits per heavy atom. The van der Waals surface area contributed by atoms with Crippen molar-refractivity contribution in [2.24, 2.45) is 5.92 Å². The Balaban J connectivity index is 1.32. The van der Waals surface area contributed by atoms with Gasteiger partial charge >= 0.3 is 0 Å². The fourth-order valence-electron chi connectivity index (χ4n) is 3.67. The highest BCUT2D eigenvalue weighted by Crippen LogP contribution is 2.26. The molecule has 0 radical (unpaired) electrons. The number of nitrogens with one attached hydrogen (secondary N) is 1. The minimum Gasteiger partial charge on any atom is -0.302 e. The summed E-state index contributed by atoms with van der Waals surface area (Å²) in [6.45, 7) is 2.60. The van der Waals surface area contributed by atoms with E-state index >= 15 is 0 Å². The first-order valence-corrected chi connectivity index (χ1v) is 12.5. The van der Waals surface area contributed by atoms with E-state index in [0.717, 1.165) is 16.9 Å². The van der Waals surface area contributed by atoms with Crippen LogP contribution in [-0.4, -0.2) is 36.7 Å². The van der Waals surface area contributed by atoms with Crippen molar-refractivity contribution in [2.45, 2.75) is 31.1 Å². The van der Waals surface area contributed by atoms with Crippen LogP contribution < -0.4 is 5.32 Å². The lowest BCUT2D eigenvalue weighted by molar-refractivity contribution is -0.120. The third-order valence-corrected chi connectivity index (χ3v) is 8.31. The van der Waals surface area contributed by atoms with Gasteiger partial charge in [-0.05, 0) is 37.5 Å². The standard InChI is InChI=1S/C23H25N3O3S2/c1-17-7-9-21(10-8-17)31(28,29)26-13-11-19(12-14-26)22(27)25-23-24-16-20(30-23)15-18-5-3-2-4-6-18/h2-10,16,19H,11-15H2,1H3,(H,24,25,27). The molecule has 4 rings (SSSR count). The summed E-state index contributed by atoms with van der Waals surface area (Å²) in [5.74, 6) is -0.307. The van der Waals surface area contributed by atoms with Crippen molar-refractivity contribution in [1.29, 1.82) is 0 Å². The second kappa shape index (κ2) is 9.30. The molecule has 1 saturated heterocycles. The average molecular weight is 456 g/mol. The summed E-state index contributed by atoms with van der Waals surface area (Å²) in [5.41, 5.74) is 2.22. The zero-order valence-corrected chi connectivity index (χ0v) is 19.0. The lowest BCUT2D eigenvalue weighted by atomic mass is 9.97. The van der Waals surface area contributed by atoms with Crippen LogP contribution in [0.2, 0.25) is 0 Å². The van der Waals surface area contributed by atoms with Gasteiger partial charge in [-0.2, -0.15) is 4.31 Å². The van der Waals surface area contributed by atoms with Crippen molar-refractivity contribution in [1.82, 2.24) is 9.29 Å². The molecule has 1 aromatic heterocycles. The maximum absolute atomic E-state index is 12.8. The third-order valence-electron chi connectivity index (χ3n) is 5.49. The van der Waals surface area contributed by atoms with E-state index in [4.69, 9.17) is 0 Å². The quantitative estimate of drug-likeness (QED) is 0.607. The predicted molar refractivity (Wildman–Crippen MR) is 123 cm³/mol. The molecule has 6 nitrogen and oxygen atoms in total. The number of anilines is 1. The van der Waals surface area contributed by atoms with Crippen LogP contribution >= 0.6 is 11.3 Å². The summed E-state index contributed by atoms with van der Waals surface area (Å²) in [6, 6.07) is 17.0. The van der Waals surface area contributed by atoms with Gasteiger partial charge in [0.05, 0.1) is 4.90 Å². The Morgan fingerprint density at radius 3 is 2.45 bits per heavy atom. The number of carbonyl (C=O) groups excluding carboxylic acids is 1. The summed E-state index contributed by atoms with van der Waals surface area (Å²) >= 11 is 1.47. The van der Waals surface area contributed by atoms with Gasteiger partial charge in [0.2, 0.25) is 15.9 Å². The zero-order chi connectivity index (χ0) is 21.8. The van der Waals surface area contributed by atoms with Crippen LogP contribution in [0, 0.1) is 12.8 Å². The first kappa shape index (κ1) is 21.7. The minimum atomic E-state index is -3.52. The summed E-state index contributed by atoms with van der Waals surface area (Å²) in [4.78, 5) is 18.4. The van der Waals surface area contributed by atoms with Crippen LogP contribution in [0.4, 0.5) is 5.13 Å². The minimum absolute atomic E-state index is 0.0898. The lowest BCUT2D eigenvalue weighted by Crippen LogP contribution is -2.41. The second-order valence-electron chi connectivity index (χ2n) is 7.77. The van der Waals surface area contributed by atoms with Crippen molar-refractivity contribution in [3.63, 3.8) is 0 Å². The molecule has 0 atom stereocenters. The van der Waals surface area contributed by atoms with E-state index in [1.54, 1.807) is 30.5 Å². The molecular formula is C23H25N3O3S2. The summed E-state index contributed by atoms with van der Waals surface area (Å²) in [5, 5.41) is 3.50. The smallest absolute Gasteiger partial charge is 0.243 e. The molecule has 3 aromatic rings. The van der Waals surface area contributed by atoms with Gasteiger partial charge in [0.25, 0.3) is 0 Å². The van der Waals surface area contributed by atoms with Crippen molar-refractivity contribution in [3.05, 3.63) is 76.8 Å². The van der Waals surface area contributed by atoms with Gasteiger partial charge in [0.15, 0.2) is 5.13 Å². The molecule has 162 valence electrons. The molecule has 0 saturated carbocycles. The lowest BCUT2D eigenvalue weighted by Gasteiger charge is -2.30. The van der Waals surface area contributed by atoms with Gasteiger partial charge in [-0.15, -0.1) is 11.3 Å². The van der Waals surface area contributed by atoms with Crippen LogP contribution in [0.1, 0.15) is 28.8 Å². The number of sulfonamides is 1. The number of thiazole rings is 1. The highest BCUT2D eigenvalue weighted by atomic mass is 32.2. The Bertz CT molecular complexity index is 1130. The molecule has 1 fully saturated rings. The molecule has 1 N–H and O–H groups in total. The van der Waals surface area contributed by atoms with Crippen LogP contribution in [0.5, 0.6) is 0 Å². The molecule has 1 amide bonds. The van der Waals surface area contributed by atoms with Crippen LogP contribution in [0.15, 0.2) is 65.7 Å².